The number of anilines is 1. The molecule has 1 aromatic heterocycles. The summed E-state index contributed by atoms with van der Waals surface area (Å²) in [6, 6.07) is 8.73. The zero-order valence-corrected chi connectivity index (χ0v) is 15.7. The number of para-hydroxylation sites is 1. The van der Waals surface area contributed by atoms with Gasteiger partial charge in [0.15, 0.2) is 0 Å². The van der Waals surface area contributed by atoms with Crippen LogP contribution < -0.4 is 10.2 Å². The molecule has 1 aliphatic carbocycles. The average Bonchev–Trinajstić information content (AvgIpc) is 2.69. The number of aromatic nitrogens is 1. The zero-order valence-electron chi connectivity index (χ0n) is 15.7. The summed E-state index contributed by atoms with van der Waals surface area (Å²) in [4.78, 5) is 18.6. The van der Waals surface area contributed by atoms with E-state index in [-0.39, 0.29) is 11.6 Å². The van der Waals surface area contributed by atoms with E-state index in [4.69, 9.17) is 0 Å². The molecule has 1 aromatic carbocycles. The van der Waals surface area contributed by atoms with E-state index in [1.54, 1.807) is 36.2 Å². The molecule has 0 bridgehead atoms. The van der Waals surface area contributed by atoms with E-state index in [1.165, 1.54) is 0 Å². The van der Waals surface area contributed by atoms with E-state index in [2.05, 4.69) is 10.3 Å². The number of pyridine rings is 1. The lowest BCUT2D eigenvalue weighted by atomic mass is 9.94. The Labute approximate surface area is 162 Å². The fourth-order valence-electron chi connectivity index (χ4n) is 3.75. The number of carbonyl (C=O) groups excluding carboxylic acids is 1. The first-order valence-electron chi connectivity index (χ1n) is 9.47. The summed E-state index contributed by atoms with van der Waals surface area (Å²) in [6.45, 7) is 0. The van der Waals surface area contributed by atoms with Crippen LogP contribution in [-0.2, 0) is 11.0 Å². The maximum Gasteiger partial charge on any atom is 0.416 e. The lowest BCUT2D eigenvalue weighted by Gasteiger charge is -2.33. The highest BCUT2D eigenvalue weighted by Gasteiger charge is 2.39. The number of nitrogens with zero attached hydrogens (tertiary/aromatic N) is 2. The molecule has 3 rings (SSSR count). The van der Waals surface area contributed by atoms with E-state index < -0.39 is 23.7 Å². The molecule has 28 heavy (non-hydrogen) atoms. The summed E-state index contributed by atoms with van der Waals surface area (Å²) in [5.41, 5.74) is -0.327. The molecule has 0 radical (unpaired) electrons. The van der Waals surface area contributed by atoms with Crippen molar-refractivity contribution in [2.45, 2.75) is 50.4 Å². The molecule has 2 aromatic rings. The van der Waals surface area contributed by atoms with Gasteiger partial charge in [0.05, 0.1) is 5.56 Å². The Hall–Kier alpha value is -2.57. The van der Waals surface area contributed by atoms with Crippen LogP contribution in [0.5, 0.6) is 0 Å². The van der Waals surface area contributed by atoms with E-state index in [0.717, 1.165) is 50.6 Å². The number of nitrogens with one attached hydrogen (secondary N) is 1. The third kappa shape index (κ3) is 4.64. The van der Waals surface area contributed by atoms with Gasteiger partial charge in [-0.25, -0.2) is 0 Å². The normalized spacial score (nSPS) is 16.4. The Morgan fingerprint density at radius 1 is 1.14 bits per heavy atom. The van der Waals surface area contributed by atoms with Crippen LogP contribution in [0, 0.1) is 0 Å². The van der Waals surface area contributed by atoms with Crippen molar-refractivity contribution in [2.24, 2.45) is 0 Å². The third-order valence-electron chi connectivity index (χ3n) is 5.20. The molecular formula is C21H24F3N3O. The monoisotopic (exact) mass is 391 g/mol. The molecule has 1 N–H and O–H groups in total. The summed E-state index contributed by atoms with van der Waals surface area (Å²) in [5.74, 6) is -0.434. The van der Waals surface area contributed by atoms with Crippen molar-refractivity contribution >= 4 is 11.6 Å². The Morgan fingerprint density at radius 2 is 1.82 bits per heavy atom. The molecule has 0 saturated heterocycles. The molecule has 1 fully saturated rings. The first kappa shape index (κ1) is 20.2. The minimum absolute atomic E-state index is 0.000989. The van der Waals surface area contributed by atoms with Crippen molar-refractivity contribution in [2.75, 3.05) is 11.9 Å². The number of hydrogen-bond acceptors (Lipinski definition) is 3. The first-order chi connectivity index (χ1) is 13.4. The largest absolute Gasteiger partial charge is 0.416 e. The molecule has 1 amide bonds. The number of alkyl halides is 3. The first-order valence-corrected chi connectivity index (χ1v) is 9.47. The van der Waals surface area contributed by atoms with Gasteiger partial charge in [-0.15, -0.1) is 0 Å². The Balaban J connectivity index is 1.98. The minimum Gasteiger partial charge on any atom is -0.359 e. The number of carbonyl (C=O) groups is 1. The number of benzene rings is 1. The number of amides is 1. The molecule has 7 heteroatoms. The fraction of sp³-hybridized carbons (Fsp3) is 0.429. The van der Waals surface area contributed by atoms with Crippen LogP contribution in [0.4, 0.5) is 18.9 Å². The number of rotatable bonds is 5. The van der Waals surface area contributed by atoms with Crippen LogP contribution >= 0.6 is 0 Å². The molecule has 150 valence electrons. The minimum atomic E-state index is -4.57. The molecule has 0 aliphatic heterocycles. The highest BCUT2D eigenvalue weighted by molar-refractivity contribution is 5.87. The molecule has 4 nitrogen and oxygen atoms in total. The lowest BCUT2D eigenvalue weighted by Crippen LogP contribution is -2.44. The van der Waals surface area contributed by atoms with Crippen LogP contribution in [0.2, 0.25) is 0 Å². The molecule has 1 atom stereocenters. The van der Waals surface area contributed by atoms with Crippen molar-refractivity contribution in [1.29, 1.82) is 0 Å². The summed E-state index contributed by atoms with van der Waals surface area (Å²) in [7, 11) is 1.63. The van der Waals surface area contributed by atoms with Gasteiger partial charge < -0.3 is 10.2 Å². The van der Waals surface area contributed by atoms with Gasteiger partial charge in [0.2, 0.25) is 5.91 Å². The van der Waals surface area contributed by atoms with Crippen molar-refractivity contribution in [3.63, 3.8) is 0 Å². The summed E-state index contributed by atoms with van der Waals surface area (Å²) >= 11 is 0. The molecule has 1 aliphatic rings. The predicted molar refractivity (Wildman–Crippen MR) is 102 cm³/mol. The Kier molecular flexibility index (Phi) is 6.21. The SMILES string of the molecule is CN(c1ccccc1)C(C(=O)NC1CCCCC1)c1cnccc1C(F)(F)F. The van der Waals surface area contributed by atoms with Gasteiger partial charge >= 0.3 is 6.18 Å². The summed E-state index contributed by atoms with van der Waals surface area (Å²) in [5, 5.41) is 2.97. The van der Waals surface area contributed by atoms with E-state index in [1.807, 2.05) is 6.07 Å². The molecule has 1 unspecified atom stereocenters. The van der Waals surface area contributed by atoms with Gasteiger partial charge in [-0.1, -0.05) is 37.5 Å². The average molecular weight is 391 g/mol. The van der Waals surface area contributed by atoms with Gasteiger partial charge in [0.25, 0.3) is 0 Å². The van der Waals surface area contributed by atoms with Crippen LogP contribution in [0.3, 0.4) is 0 Å². The van der Waals surface area contributed by atoms with Crippen molar-refractivity contribution in [1.82, 2.24) is 10.3 Å². The highest BCUT2D eigenvalue weighted by Crippen LogP contribution is 2.37. The van der Waals surface area contributed by atoms with Crippen molar-refractivity contribution in [3.8, 4) is 0 Å². The molecular weight excluding hydrogens is 367 g/mol. The predicted octanol–water partition coefficient (Wildman–Crippen LogP) is 4.73. The maximum atomic E-state index is 13.6. The second-order valence-electron chi connectivity index (χ2n) is 7.15. The van der Waals surface area contributed by atoms with E-state index in [0.29, 0.717) is 5.69 Å². The molecule has 0 spiro atoms. The zero-order chi connectivity index (χ0) is 20.1. The maximum absolute atomic E-state index is 13.6. The van der Waals surface area contributed by atoms with Gasteiger partial charge in [0.1, 0.15) is 6.04 Å². The third-order valence-corrected chi connectivity index (χ3v) is 5.20. The number of hydrogen-bond donors (Lipinski definition) is 1. The van der Waals surface area contributed by atoms with Gasteiger partial charge in [0, 0.05) is 36.7 Å². The van der Waals surface area contributed by atoms with Crippen molar-refractivity contribution in [3.05, 3.63) is 59.9 Å². The quantitative estimate of drug-likeness (QED) is 0.802. The second kappa shape index (κ2) is 8.63. The van der Waals surface area contributed by atoms with Crippen molar-refractivity contribution < 1.29 is 18.0 Å². The highest BCUT2D eigenvalue weighted by atomic mass is 19.4. The van der Waals surface area contributed by atoms with Crippen LogP contribution in [0.25, 0.3) is 0 Å². The number of likely N-dealkylation sites (N-methyl/N-ethyl adjacent to an activating group) is 1. The Morgan fingerprint density at radius 3 is 2.46 bits per heavy atom. The number of halogens is 3. The molecule has 1 saturated carbocycles. The van der Waals surface area contributed by atoms with Gasteiger partial charge in [-0.05, 0) is 31.0 Å². The van der Waals surface area contributed by atoms with Gasteiger partial charge in [-0.2, -0.15) is 13.2 Å². The van der Waals surface area contributed by atoms with E-state index in [9.17, 15) is 18.0 Å². The van der Waals surface area contributed by atoms with Crippen LogP contribution in [0.1, 0.15) is 49.3 Å². The standard InChI is InChI=1S/C21H24F3N3O/c1-27(16-10-6-3-7-11-16)19(20(28)26-15-8-4-2-5-9-15)17-14-25-13-12-18(17)21(22,23)24/h3,6-7,10-15,19H,2,4-5,8-9H2,1H3,(H,26,28). The van der Waals surface area contributed by atoms with Gasteiger partial charge in [-0.3, -0.25) is 9.78 Å². The summed E-state index contributed by atoms with van der Waals surface area (Å²) in [6.07, 6.45) is 2.55. The van der Waals surface area contributed by atoms with E-state index >= 15 is 0 Å². The van der Waals surface area contributed by atoms with Crippen LogP contribution in [-0.4, -0.2) is 24.0 Å². The Bertz CT molecular complexity index is 789. The topological polar surface area (TPSA) is 45.2 Å². The smallest absolute Gasteiger partial charge is 0.359 e. The summed E-state index contributed by atoms with van der Waals surface area (Å²) < 4.78 is 40.9. The second-order valence-corrected chi connectivity index (χ2v) is 7.15. The fourth-order valence-corrected chi connectivity index (χ4v) is 3.75. The lowest BCUT2D eigenvalue weighted by molar-refractivity contribution is -0.138. The van der Waals surface area contributed by atoms with Crippen LogP contribution in [0.15, 0.2) is 48.8 Å². The molecule has 1 heterocycles.